The minimum absolute atomic E-state index is 0.417. The van der Waals surface area contributed by atoms with E-state index in [-0.39, 0.29) is 0 Å². The number of rotatable bonds is 9. The standard InChI is InChI=1S/C16H30O9Si4/c1-17-27(18-2,19-3)13-10-16(26,11-14-28(20-4,21-5)22-6)12-15-29(23-7,24-8)25-9/h1-9,26H3. The molecule has 0 saturated carbocycles. The van der Waals surface area contributed by atoms with Gasteiger partial charge >= 0.3 is 26.4 Å². The van der Waals surface area contributed by atoms with Crippen LogP contribution >= 0.6 is 0 Å². The van der Waals surface area contributed by atoms with Gasteiger partial charge in [0.25, 0.3) is 0 Å². The van der Waals surface area contributed by atoms with E-state index in [9.17, 15) is 0 Å². The summed E-state index contributed by atoms with van der Waals surface area (Å²) in [6.45, 7) is 0. The summed E-state index contributed by atoms with van der Waals surface area (Å²) in [4.78, 5) is 0. The van der Waals surface area contributed by atoms with Crippen LogP contribution in [0.3, 0.4) is 0 Å². The Morgan fingerprint density at radius 3 is 0.759 bits per heavy atom. The third-order valence-corrected chi connectivity index (χ3v) is 10.7. The molecule has 13 heteroatoms. The highest BCUT2D eigenvalue weighted by molar-refractivity contribution is 6.71. The van der Waals surface area contributed by atoms with Crippen LogP contribution in [0, 0.1) is 34.4 Å². The lowest BCUT2D eigenvalue weighted by Gasteiger charge is -2.21. The lowest BCUT2D eigenvalue weighted by atomic mass is 10.2. The predicted molar refractivity (Wildman–Crippen MR) is 116 cm³/mol. The van der Waals surface area contributed by atoms with Crippen molar-refractivity contribution in [3.8, 4) is 34.4 Å². The lowest BCUT2D eigenvalue weighted by Crippen LogP contribution is -2.43. The van der Waals surface area contributed by atoms with Crippen molar-refractivity contribution in [1.29, 1.82) is 0 Å². The Morgan fingerprint density at radius 1 is 0.448 bits per heavy atom. The Hall–Kier alpha value is -0.812. The van der Waals surface area contributed by atoms with Crippen molar-refractivity contribution in [3.05, 3.63) is 0 Å². The van der Waals surface area contributed by atoms with Gasteiger partial charge in [-0.15, -0.1) is 0 Å². The maximum Gasteiger partial charge on any atom is 0.590 e. The normalized spacial score (nSPS) is 12.3. The van der Waals surface area contributed by atoms with E-state index in [0.717, 1.165) is 0 Å². The van der Waals surface area contributed by atoms with E-state index in [1.807, 2.05) is 0 Å². The average Bonchev–Trinajstić information content (AvgIpc) is 2.78. The molecule has 0 aromatic rings. The molecule has 0 radical (unpaired) electrons. The molecule has 0 saturated heterocycles. The van der Waals surface area contributed by atoms with Crippen LogP contribution in [0.4, 0.5) is 0 Å². The van der Waals surface area contributed by atoms with Gasteiger partial charge in [-0.05, 0) is 16.6 Å². The zero-order valence-electron chi connectivity index (χ0n) is 18.7. The molecular formula is C16H30O9Si4. The first-order chi connectivity index (χ1) is 13.7. The fraction of sp³-hybridized carbons (Fsp3) is 0.625. The van der Waals surface area contributed by atoms with Crippen molar-refractivity contribution in [2.24, 2.45) is 0 Å². The van der Waals surface area contributed by atoms with Gasteiger partial charge in [-0.3, -0.25) is 0 Å². The summed E-state index contributed by atoms with van der Waals surface area (Å²) >= 11 is 0. The maximum absolute atomic E-state index is 5.36. The summed E-state index contributed by atoms with van der Waals surface area (Å²) in [6.07, 6.45) is 0. The first kappa shape index (κ1) is 28.2. The monoisotopic (exact) mass is 478 g/mol. The molecule has 0 aromatic heterocycles. The molecule has 0 spiro atoms. The van der Waals surface area contributed by atoms with Gasteiger partial charge in [0.1, 0.15) is 5.04 Å². The molecule has 0 rings (SSSR count). The largest absolute Gasteiger partial charge is 0.590 e. The van der Waals surface area contributed by atoms with Crippen molar-refractivity contribution in [3.63, 3.8) is 0 Å². The van der Waals surface area contributed by atoms with E-state index >= 15 is 0 Å². The summed E-state index contributed by atoms with van der Waals surface area (Å²) in [5.41, 5.74) is 8.82. The molecule has 0 aliphatic heterocycles. The molecule has 0 aliphatic carbocycles. The Labute approximate surface area is 180 Å². The molecule has 0 amide bonds. The van der Waals surface area contributed by atoms with Gasteiger partial charge in [0.2, 0.25) is 0 Å². The third kappa shape index (κ3) is 7.75. The van der Waals surface area contributed by atoms with Crippen LogP contribution in [0.15, 0.2) is 0 Å². The Kier molecular flexibility index (Phi) is 12.4. The molecular weight excluding hydrogens is 449 g/mol. The molecule has 0 aromatic carbocycles. The molecule has 0 fully saturated rings. The van der Waals surface area contributed by atoms with E-state index < -0.39 is 31.5 Å². The summed E-state index contributed by atoms with van der Waals surface area (Å²) in [5, 5.41) is -1.05. The molecule has 0 unspecified atom stereocenters. The summed E-state index contributed by atoms with van der Waals surface area (Å²) in [7, 11) is 4.15. The van der Waals surface area contributed by atoms with Crippen molar-refractivity contribution < 1.29 is 39.8 Å². The van der Waals surface area contributed by atoms with Gasteiger partial charge in [-0.2, -0.15) is 0 Å². The van der Waals surface area contributed by atoms with Crippen LogP contribution in [0.25, 0.3) is 0 Å². The minimum Gasteiger partial charge on any atom is -0.367 e. The van der Waals surface area contributed by atoms with Gasteiger partial charge in [0.15, 0.2) is 0 Å². The topological polar surface area (TPSA) is 83.1 Å². The average molecular weight is 479 g/mol. The number of hydrogen-bond acceptors (Lipinski definition) is 9. The second-order valence-electron chi connectivity index (χ2n) is 5.38. The van der Waals surface area contributed by atoms with Crippen LogP contribution in [-0.4, -0.2) is 101 Å². The molecule has 0 atom stereocenters. The molecule has 164 valence electrons. The van der Waals surface area contributed by atoms with Crippen LogP contribution in [0.2, 0.25) is 5.04 Å². The first-order valence-corrected chi connectivity index (χ1v) is 14.4. The second-order valence-corrected chi connectivity index (χ2v) is 14.6. The van der Waals surface area contributed by atoms with Crippen molar-refractivity contribution in [2.75, 3.05) is 64.0 Å². The van der Waals surface area contributed by atoms with Gasteiger partial charge in [0, 0.05) is 64.0 Å². The number of hydrogen-bond donors (Lipinski definition) is 0. The van der Waals surface area contributed by atoms with Crippen molar-refractivity contribution >= 4 is 36.7 Å². The SMILES string of the molecule is CO[Si](C#CC([SiH3])(C#C[Si](OC)(OC)OC)C#C[Si](OC)(OC)OC)(OC)OC. The van der Waals surface area contributed by atoms with Crippen LogP contribution in [0.1, 0.15) is 0 Å². The fourth-order valence-corrected chi connectivity index (χ4v) is 6.66. The highest BCUT2D eigenvalue weighted by atomic mass is 28.4. The molecule has 9 nitrogen and oxygen atoms in total. The lowest BCUT2D eigenvalue weighted by molar-refractivity contribution is 0.141. The highest BCUT2D eigenvalue weighted by Crippen LogP contribution is 2.20. The van der Waals surface area contributed by atoms with Gasteiger partial charge in [-0.1, -0.05) is 17.8 Å². The molecule has 0 N–H and O–H groups in total. The van der Waals surface area contributed by atoms with Crippen molar-refractivity contribution in [1.82, 2.24) is 0 Å². The molecule has 0 aliphatic rings. The van der Waals surface area contributed by atoms with Gasteiger partial charge in [-0.25, -0.2) is 0 Å². The van der Waals surface area contributed by atoms with E-state index in [4.69, 9.17) is 39.8 Å². The van der Waals surface area contributed by atoms with Crippen LogP contribution < -0.4 is 0 Å². The predicted octanol–water partition coefficient (Wildman–Crippen LogP) is -1.23. The van der Waals surface area contributed by atoms with Gasteiger partial charge < -0.3 is 39.8 Å². The second kappa shape index (κ2) is 12.8. The zero-order chi connectivity index (χ0) is 22.6. The highest BCUT2D eigenvalue weighted by Gasteiger charge is 2.40. The third-order valence-electron chi connectivity index (χ3n) is 3.82. The smallest absolute Gasteiger partial charge is 0.367 e. The molecule has 29 heavy (non-hydrogen) atoms. The van der Waals surface area contributed by atoms with E-state index in [0.29, 0.717) is 10.2 Å². The Bertz CT molecular complexity index is 568. The summed E-state index contributed by atoms with van der Waals surface area (Å²) in [5.74, 6) is 9.13. The van der Waals surface area contributed by atoms with Crippen molar-refractivity contribution in [2.45, 2.75) is 5.04 Å². The zero-order valence-corrected chi connectivity index (χ0v) is 23.7. The maximum atomic E-state index is 5.36. The van der Waals surface area contributed by atoms with Gasteiger partial charge in [0.05, 0.1) is 10.2 Å². The van der Waals surface area contributed by atoms with E-state index in [2.05, 4.69) is 34.4 Å². The van der Waals surface area contributed by atoms with E-state index in [1.165, 1.54) is 64.0 Å². The van der Waals surface area contributed by atoms with Crippen LogP contribution in [0.5, 0.6) is 0 Å². The summed E-state index contributed by atoms with van der Waals surface area (Å²) < 4.78 is 48.2. The minimum atomic E-state index is -3.17. The molecule has 0 heterocycles. The van der Waals surface area contributed by atoms with Crippen LogP contribution in [-0.2, 0) is 39.8 Å². The Morgan fingerprint density at radius 2 is 0.621 bits per heavy atom. The van der Waals surface area contributed by atoms with E-state index in [1.54, 1.807) is 0 Å². The fourth-order valence-electron chi connectivity index (χ4n) is 1.91. The molecule has 0 bridgehead atoms. The quantitative estimate of drug-likeness (QED) is 0.299. The summed E-state index contributed by atoms with van der Waals surface area (Å²) in [6, 6.07) is 0. The first-order valence-electron chi connectivity index (χ1n) is 8.26. The Balaban J connectivity index is 6.54.